The third-order valence-corrected chi connectivity index (χ3v) is 4.16. The van der Waals surface area contributed by atoms with Gasteiger partial charge in [0.15, 0.2) is 5.96 Å². The first kappa shape index (κ1) is 20.6. The minimum absolute atomic E-state index is 0. The molecule has 122 valence electrons. The lowest BCUT2D eigenvalue weighted by Crippen LogP contribution is -2.38. The molecule has 2 N–H and O–H groups in total. The summed E-state index contributed by atoms with van der Waals surface area (Å²) >= 11 is 1.64. The highest BCUT2D eigenvalue weighted by molar-refractivity contribution is 14.0. The van der Waals surface area contributed by atoms with Gasteiger partial charge in [0.1, 0.15) is 9.84 Å². The third-order valence-electron chi connectivity index (χ3n) is 2.42. The van der Waals surface area contributed by atoms with Crippen molar-refractivity contribution in [3.8, 4) is 0 Å². The van der Waals surface area contributed by atoms with Gasteiger partial charge in [-0.25, -0.2) is 13.4 Å². The summed E-state index contributed by atoms with van der Waals surface area (Å²) < 4.78 is 22.1. The van der Waals surface area contributed by atoms with Gasteiger partial charge in [-0.05, 0) is 13.8 Å². The van der Waals surface area contributed by atoms with Gasteiger partial charge in [-0.15, -0.1) is 35.3 Å². The molecular weight excluding hydrogens is 423 g/mol. The Morgan fingerprint density at radius 3 is 2.67 bits per heavy atom. The van der Waals surface area contributed by atoms with E-state index in [1.807, 2.05) is 19.2 Å². The molecule has 0 unspecified atom stereocenters. The van der Waals surface area contributed by atoms with Gasteiger partial charge in [0.2, 0.25) is 0 Å². The largest absolute Gasteiger partial charge is 0.357 e. The molecule has 9 heteroatoms. The van der Waals surface area contributed by atoms with Crippen molar-refractivity contribution in [1.82, 2.24) is 15.6 Å². The first-order valence-electron chi connectivity index (χ1n) is 6.51. The molecule has 0 spiro atoms. The zero-order valence-electron chi connectivity index (χ0n) is 12.5. The van der Waals surface area contributed by atoms with E-state index in [0.717, 1.165) is 23.7 Å². The van der Waals surface area contributed by atoms with Crippen LogP contribution in [0.15, 0.2) is 10.4 Å². The van der Waals surface area contributed by atoms with Gasteiger partial charge >= 0.3 is 0 Å². The minimum Gasteiger partial charge on any atom is -0.357 e. The number of thiazole rings is 1. The average Bonchev–Trinajstić information content (AvgIpc) is 2.73. The summed E-state index contributed by atoms with van der Waals surface area (Å²) in [5, 5.41) is 9.37. The van der Waals surface area contributed by atoms with Crippen LogP contribution in [-0.4, -0.2) is 51.0 Å². The monoisotopic (exact) mass is 446 g/mol. The number of aliphatic imine (C=N–C) groups is 1. The Hall–Kier alpha value is -0.420. The number of hydrogen-bond acceptors (Lipinski definition) is 5. The predicted molar refractivity (Wildman–Crippen MR) is 99.7 cm³/mol. The van der Waals surface area contributed by atoms with Crippen molar-refractivity contribution < 1.29 is 8.42 Å². The number of guanidine groups is 1. The first-order valence-corrected chi connectivity index (χ1v) is 9.45. The molecule has 0 saturated carbocycles. The second kappa shape index (κ2) is 10.3. The Morgan fingerprint density at radius 1 is 1.43 bits per heavy atom. The quantitative estimate of drug-likeness (QED) is 0.374. The van der Waals surface area contributed by atoms with E-state index in [1.165, 1.54) is 6.26 Å². The zero-order valence-corrected chi connectivity index (χ0v) is 16.5. The number of aromatic nitrogens is 1. The molecule has 21 heavy (non-hydrogen) atoms. The fourth-order valence-corrected chi connectivity index (χ4v) is 2.57. The molecule has 1 heterocycles. The summed E-state index contributed by atoms with van der Waals surface area (Å²) in [6.45, 7) is 5.67. The van der Waals surface area contributed by atoms with E-state index in [2.05, 4.69) is 20.6 Å². The van der Waals surface area contributed by atoms with Crippen molar-refractivity contribution in [3.05, 3.63) is 16.1 Å². The van der Waals surface area contributed by atoms with Crippen LogP contribution in [0.25, 0.3) is 0 Å². The third kappa shape index (κ3) is 10.0. The molecule has 0 bridgehead atoms. The molecule has 0 aliphatic heterocycles. The van der Waals surface area contributed by atoms with Crippen LogP contribution in [0.1, 0.15) is 17.6 Å². The van der Waals surface area contributed by atoms with Crippen molar-refractivity contribution in [3.63, 3.8) is 0 Å². The number of nitrogens with one attached hydrogen (secondary N) is 2. The summed E-state index contributed by atoms with van der Waals surface area (Å²) in [5.74, 6) is 0.706. The number of aryl methyl sites for hydroxylation is 1. The Balaban J connectivity index is 0.00000400. The molecule has 0 aliphatic carbocycles. The zero-order chi connectivity index (χ0) is 15.0. The maximum Gasteiger partial charge on any atom is 0.191 e. The van der Waals surface area contributed by atoms with Crippen LogP contribution in [0.2, 0.25) is 0 Å². The predicted octanol–water partition coefficient (Wildman–Crippen LogP) is 1.21. The molecule has 1 aromatic rings. The van der Waals surface area contributed by atoms with Gasteiger partial charge in [-0.3, -0.25) is 4.99 Å². The minimum atomic E-state index is -2.97. The standard InChI is InChI=1S/C12H22N4O2S2.HI/c1-4-13-12(15-7-8-20(3,17)18)14-6-5-11-9-19-10(2)16-11;/h9H,4-8H2,1-3H3,(H2,13,14,15);1H. The molecular formula is C12H23IN4O2S2. The highest BCUT2D eigenvalue weighted by Crippen LogP contribution is 2.07. The van der Waals surface area contributed by atoms with Crippen LogP contribution in [0.4, 0.5) is 0 Å². The van der Waals surface area contributed by atoms with Crippen molar-refractivity contribution in [1.29, 1.82) is 0 Å². The van der Waals surface area contributed by atoms with Gasteiger partial charge in [0.05, 0.1) is 23.0 Å². The van der Waals surface area contributed by atoms with E-state index < -0.39 is 9.84 Å². The van der Waals surface area contributed by atoms with Gasteiger partial charge < -0.3 is 10.6 Å². The smallest absolute Gasteiger partial charge is 0.191 e. The lowest BCUT2D eigenvalue weighted by molar-refractivity contribution is 0.601. The Bertz CT molecular complexity index is 543. The van der Waals surface area contributed by atoms with Gasteiger partial charge in [-0.2, -0.15) is 0 Å². The molecule has 0 radical (unpaired) electrons. The molecule has 1 rings (SSSR count). The molecule has 0 fully saturated rings. The van der Waals surface area contributed by atoms with E-state index in [4.69, 9.17) is 0 Å². The number of sulfone groups is 1. The fourth-order valence-electron chi connectivity index (χ4n) is 1.50. The van der Waals surface area contributed by atoms with Crippen molar-refractivity contribution in [2.24, 2.45) is 4.99 Å². The number of hydrogen-bond donors (Lipinski definition) is 2. The van der Waals surface area contributed by atoms with E-state index in [1.54, 1.807) is 11.3 Å². The van der Waals surface area contributed by atoms with Crippen LogP contribution in [0.3, 0.4) is 0 Å². The van der Waals surface area contributed by atoms with Crippen LogP contribution in [0.5, 0.6) is 0 Å². The molecule has 0 amide bonds. The Labute approximate surface area is 147 Å². The molecule has 1 aromatic heterocycles. The van der Waals surface area contributed by atoms with Crippen LogP contribution in [-0.2, 0) is 16.3 Å². The van der Waals surface area contributed by atoms with Crippen molar-refractivity contribution in [2.45, 2.75) is 20.3 Å². The highest BCUT2D eigenvalue weighted by Gasteiger charge is 2.03. The number of rotatable bonds is 7. The SMILES string of the molecule is CCNC(=NCCS(C)(=O)=O)NCCc1csc(C)n1.I. The Morgan fingerprint density at radius 2 is 2.14 bits per heavy atom. The number of halogens is 1. The van der Waals surface area contributed by atoms with Crippen LogP contribution >= 0.6 is 35.3 Å². The first-order chi connectivity index (χ1) is 9.40. The van der Waals surface area contributed by atoms with E-state index in [9.17, 15) is 8.42 Å². The summed E-state index contributed by atoms with van der Waals surface area (Å²) in [6.07, 6.45) is 2.04. The van der Waals surface area contributed by atoms with Crippen molar-refractivity contribution >= 4 is 51.1 Å². The molecule has 6 nitrogen and oxygen atoms in total. The van der Waals surface area contributed by atoms with Crippen LogP contribution < -0.4 is 10.6 Å². The lowest BCUT2D eigenvalue weighted by atomic mass is 10.3. The van der Waals surface area contributed by atoms with Crippen LogP contribution in [0, 0.1) is 6.92 Å². The van der Waals surface area contributed by atoms with Gasteiger partial charge in [0.25, 0.3) is 0 Å². The molecule has 0 atom stereocenters. The summed E-state index contributed by atoms with van der Waals surface area (Å²) in [6, 6.07) is 0. The topological polar surface area (TPSA) is 83.5 Å². The summed E-state index contributed by atoms with van der Waals surface area (Å²) in [5.41, 5.74) is 1.06. The summed E-state index contributed by atoms with van der Waals surface area (Å²) in [4.78, 5) is 8.62. The van der Waals surface area contributed by atoms with Crippen molar-refractivity contribution in [2.75, 3.05) is 31.6 Å². The maximum absolute atomic E-state index is 11.1. The Kier molecular flexibility index (Phi) is 10.1. The van der Waals surface area contributed by atoms with Gasteiger partial charge in [-0.1, -0.05) is 0 Å². The average molecular weight is 446 g/mol. The molecule has 0 aliphatic rings. The maximum atomic E-state index is 11.1. The molecule has 0 saturated heterocycles. The van der Waals surface area contributed by atoms with Gasteiger partial charge in [0, 0.05) is 31.1 Å². The summed E-state index contributed by atoms with van der Waals surface area (Å²) in [7, 11) is -2.97. The number of nitrogens with zero attached hydrogens (tertiary/aromatic N) is 2. The molecule has 0 aromatic carbocycles. The normalized spacial score (nSPS) is 11.9. The lowest BCUT2D eigenvalue weighted by Gasteiger charge is -2.10. The fraction of sp³-hybridized carbons (Fsp3) is 0.667. The van der Waals surface area contributed by atoms with E-state index in [-0.39, 0.29) is 36.3 Å². The van der Waals surface area contributed by atoms with E-state index in [0.29, 0.717) is 12.5 Å². The second-order valence-corrected chi connectivity index (χ2v) is 7.75. The van der Waals surface area contributed by atoms with E-state index >= 15 is 0 Å². The highest BCUT2D eigenvalue weighted by atomic mass is 127. The second-order valence-electron chi connectivity index (χ2n) is 4.43.